The highest BCUT2D eigenvalue weighted by atomic mass is 16.3. The minimum Gasteiger partial charge on any atom is -0.508 e. The van der Waals surface area contributed by atoms with Crippen LogP contribution in [0.1, 0.15) is 39.7 Å². The number of hydrogen-bond donors (Lipinski definition) is 2. The molecule has 0 bridgehead atoms. The predicted octanol–water partition coefficient (Wildman–Crippen LogP) is 3.59. The Labute approximate surface area is 109 Å². The number of benzene rings is 1. The summed E-state index contributed by atoms with van der Waals surface area (Å²) in [5.74, 6) is 0.286. The summed E-state index contributed by atoms with van der Waals surface area (Å²) in [4.78, 5) is 0. The van der Waals surface area contributed by atoms with Crippen LogP contribution in [0.4, 0.5) is 0 Å². The highest BCUT2D eigenvalue weighted by Gasteiger charge is 2.42. The van der Waals surface area contributed by atoms with Crippen molar-refractivity contribution in [2.75, 3.05) is 0 Å². The van der Waals surface area contributed by atoms with Gasteiger partial charge in [0, 0.05) is 5.41 Å². The second-order valence-electron chi connectivity index (χ2n) is 6.61. The summed E-state index contributed by atoms with van der Waals surface area (Å²) in [6.45, 7) is 8.34. The Hall–Kier alpha value is -1.28. The number of phenols is 1. The van der Waals surface area contributed by atoms with Crippen molar-refractivity contribution in [1.29, 1.82) is 0 Å². The van der Waals surface area contributed by atoms with Crippen LogP contribution in [0.15, 0.2) is 30.3 Å². The van der Waals surface area contributed by atoms with E-state index in [2.05, 4.69) is 33.8 Å². The van der Waals surface area contributed by atoms with E-state index in [0.29, 0.717) is 0 Å². The molecule has 2 rings (SSSR count). The first-order chi connectivity index (χ1) is 8.22. The molecule has 1 unspecified atom stereocenters. The van der Waals surface area contributed by atoms with Gasteiger partial charge in [-0.1, -0.05) is 45.9 Å². The van der Waals surface area contributed by atoms with Gasteiger partial charge in [0.1, 0.15) is 5.75 Å². The molecule has 1 atom stereocenters. The van der Waals surface area contributed by atoms with Gasteiger partial charge in [-0.2, -0.15) is 0 Å². The maximum Gasteiger partial charge on any atom is 0.115 e. The van der Waals surface area contributed by atoms with E-state index >= 15 is 0 Å². The van der Waals surface area contributed by atoms with Crippen molar-refractivity contribution >= 4 is 5.57 Å². The predicted molar refractivity (Wildman–Crippen MR) is 74.3 cm³/mol. The van der Waals surface area contributed by atoms with Crippen LogP contribution in [0.5, 0.6) is 5.75 Å². The lowest BCUT2D eigenvalue weighted by Crippen LogP contribution is -2.43. The highest BCUT2D eigenvalue weighted by molar-refractivity contribution is 5.68. The molecule has 1 aliphatic carbocycles. The molecule has 0 spiro atoms. The number of phenolic OH excluding ortho intramolecular Hbond substituents is 1. The van der Waals surface area contributed by atoms with Crippen molar-refractivity contribution in [1.82, 2.24) is 0 Å². The Morgan fingerprint density at radius 2 is 1.61 bits per heavy atom. The maximum absolute atomic E-state index is 10.4. The first-order valence-corrected chi connectivity index (χ1v) is 6.41. The summed E-state index contributed by atoms with van der Waals surface area (Å²) in [5.41, 5.74) is 2.01. The smallest absolute Gasteiger partial charge is 0.115 e. The molecule has 2 N–H and O–H groups in total. The second kappa shape index (κ2) is 4.13. The van der Waals surface area contributed by atoms with E-state index < -0.39 is 0 Å². The van der Waals surface area contributed by atoms with Gasteiger partial charge >= 0.3 is 0 Å². The molecule has 18 heavy (non-hydrogen) atoms. The normalized spacial score (nSPS) is 25.6. The van der Waals surface area contributed by atoms with Gasteiger partial charge in [-0.25, -0.2) is 0 Å². The molecule has 1 aromatic carbocycles. The molecule has 0 aromatic heterocycles. The van der Waals surface area contributed by atoms with Crippen molar-refractivity contribution in [3.05, 3.63) is 35.9 Å². The van der Waals surface area contributed by atoms with Crippen LogP contribution >= 0.6 is 0 Å². The molecule has 98 valence electrons. The van der Waals surface area contributed by atoms with E-state index in [1.807, 2.05) is 12.1 Å². The molecule has 0 amide bonds. The highest BCUT2D eigenvalue weighted by Crippen LogP contribution is 2.47. The third-order valence-corrected chi connectivity index (χ3v) is 3.88. The molecule has 0 saturated carbocycles. The number of hydrogen-bond acceptors (Lipinski definition) is 2. The van der Waals surface area contributed by atoms with Crippen molar-refractivity contribution in [2.45, 2.75) is 40.2 Å². The number of aromatic hydroxyl groups is 1. The third-order valence-electron chi connectivity index (χ3n) is 3.88. The average Bonchev–Trinajstić information content (AvgIpc) is 2.26. The molecule has 2 heteroatoms. The lowest BCUT2D eigenvalue weighted by molar-refractivity contribution is -0.0225. The topological polar surface area (TPSA) is 40.5 Å². The molecule has 0 aliphatic heterocycles. The Bertz CT molecular complexity index is 466. The summed E-state index contributed by atoms with van der Waals surface area (Å²) in [5, 5.41) is 19.7. The van der Waals surface area contributed by atoms with Gasteiger partial charge in [-0.05, 0) is 35.1 Å². The zero-order valence-electron chi connectivity index (χ0n) is 11.6. The molecule has 0 radical (unpaired) electrons. The van der Waals surface area contributed by atoms with Crippen LogP contribution in [0.2, 0.25) is 0 Å². The molecular formula is C16H22O2. The zero-order valence-corrected chi connectivity index (χ0v) is 11.6. The summed E-state index contributed by atoms with van der Waals surface area (Å²) >= 11 is 0. The van der Waals surface area contributed by atoms with E-state index in [1.165, 1.54) is 5.57 Å². The Balaban J connectivity index is 2.43. The first-order valence-electron chi connectivity index (χ1n) is 6.41. The summed E-state index contributed by atoms with van der Waals surface area (Å²) in [6, 6.07) is 7.29. The quantitative estimate of drug-likeness (QED) is 0.795. The number of aliphatic hydroxyl groups is 1. The van der Waals surface area contributed by atoms with E-state index in [1.54, 1.807) is 12.1 Å². The fourth-order valence-electron chi connectivity index (χ4n) is 3.03. The largest absolute Gasteiger partial charge is 0.508 e. The molecular weight excluding hydrogens is 224 g/mol. The zero-order chi connectivity index (χ0) is 13.6. The third kappa shape index (κ3) is 2.30. The number of allylic oxidation sites excluding steroid dienone is 1. The van der Waals surface area contributed by atoms with Crippen LogP contribution in [-0.4, -0.2) is 16.3 Å². The Morgan fingerprint density at radius 1 is 1.06 bits per heavy atom. The van der Waals surface area contributed by atoms with Crippen LogP contribution in [0, 0.1) is 10.8 Å². The SMILES string of the molecule is CC1(C)C=C(c2ccc(O)cc2)CC(C)(C)C1O. The summed E-state index contributed by atoms with van der Waals surface area (Å²) < 4.78 is 0. The van der Waals surface area contributed by atoms with Crippen LogP contribution in [-0.2, 0) is 0 Å². The standard InChI is InChI=1S/C16H22O2/c1-15(2)9-12(10-16(3,4)14(15)18)11-5-7-13(17)8-6-11/h5-9,14,17-18H,10H2,1-4H3. The van der Waals surface area contributed by atoms with Gasteiger partial charge in [-0.15, -0.1) is 0 Å². The Morgan fingerprint density at radius 3 is 2.11 bits per heavy atom. The molecule has 0 saturated heterocycles. The fourth-order valence-corrected chi connectivity index (χ4v) is 3.03. The Kier molecular flexibility index (Phi) is 3.02. The summed E-state index contributed by atoms with van der Waals surface area (Å²) in [7, 11) is 0. The maximum atomic E-state index is 10.4. The minimum atomic E-state index is -0.342. The average molecular weight is 246 g/mol. The second-order valence-corrected chi connectivity index (χ2v) is 6.61. The lowest BCUT2D eigenvalue weighted by Gasteiger charge is -2.44. The van der Waals surface area contributed by atoms with E-state index in [0.717, 1.165) is 12.0 Å². The van der Waals surface area contributed by atoms with Gasteiger partial charge in [0.05, 0.1) is 6.10 Å². The van der Waals surface area contributed by atoms with Gasteiger partial charge in [-0.3, -0.25) is 0 Å². The molecule has 1 aromatic rings. The molecule has 0 fully saturated rings. The number of rotatable bonds is 1. The van der Waals surface area contributed by atoms with Crippen LogP contribution in [0.3, 0.4) is 0 Å². The van der Waals surface area contributed by atoms with Gasteiger partial charge in [0.25, 0.3) is 0 Å². The summed E-state index contributed by atoms with van der Waals surface area (Å²) in [6.07, 6.45) is 2.67. The van der Waals surface area contributed by atoms with Crippen molar-refractivity contribution < 1.29 is 10.2 Å². The fraction of sp³-hybridized carbons (Fsp3) is 0.500. The molecule has 0 heterocycles. The van der Waals surface area contributed by atoms with Crippen LogP contribution in [0.25, 0.3) is 5.57 Å². The van der Waals surface area contributed by atoms with Crippen LogP contribution < -0.4 is 0 Å². The lowest BCUT2D eigenvalue weighted by atomic mass is 9.63. The van der Waals surface area contributed by atoms with Crippen molar-refractivity contribution in [2.24, 2.45) is 10.8 Å². The minimum absolute atomic E-state index is 0.133. The van der Waals surface area contributed by atoms with E-state index in [-0.39, 0.29) is 22.7 Å². The van der Waals surface area contributed by atoms with E-state index in [9.17, 15) is 10.2 Å². The van der Waals surface area contributed by atoms with Gasteiger partial charge < -0.3 is 10.2 Å². The van der Waals surface area contributed by atoms with Crippen molar-refractivity contribution in [3.8, 4) is 5.75 Å². The van der Waals surface area contributed by atoms with Gasteiger partial charge in [0.2, 0.25) is 0 Å². The van der Waals surface area contributed by atoms with Gasteiger partial charge in [0.15, 0.2) is 0 Å². The van der Waals surface area contributed by atoms with E-state index in [4.69, 9.17) is 0 Å². The molecule has 2 nitrogen and oxygen atoms in total. The number of aliphatic hydroxyl groups excluding tert-OH is 1. The molecule has 1 aliphatic rings. The first kappa shape index (κ1) is 13.2. The monoisotopic (exact) mass is 246 g/mol. The van der Waals surface area contributed by atoms with Crippen molar-refractivity contribution in [3.63, 3.8) is 0 Å².